The number of hydroxylamine groups is 1. The van der Waals surface area contributed by atoms with E-state index in [-0.39, 0.29) is 18.3 Å². The van der Waals surface area contributed by atoms with E-state index in [0.29, 0.717) is 22.7 Å². The third-order valence-electron chi connectivity index (χ3n) is 5.51. The number of nitrogens with zero attached hydrogens (tertiary/aromatic N) is 1. The Kier molecular flexibility index (Phi) is 8.02. The van der Waals surface area contributed by atoms with Crippen molar-refractivity contribution in [3.63, 3.8) is 0 Å². The van der Waals surface area contributed by atoms with E-state index in [1.807, 2.05) is 55.5 Å². The van der Waals surface area contributed by atoms with E-state index in [9.17, 15) is 4.79 Å². The van der Waals surface area contributed by atoms with E-state index in [0.717, 1.165) is 27.8 Å². The van der Waals surface area contributed by atoms with Gasteiger partial charge in [-0.3, -0.25) is 9.63 Å². The monoisotopic (exact) mass is 539 g/mol. The van der Waals surface area contributed by atoms with Crippen molar-refractivity contribution in [2.75, 3.05) is 20.8 Å². The Morgan fingerprint density at radius 1 is 1.09 bits per heavy atom. The summed E-state index contributed by atoms with van der Waals surface area (Å²) in [5.41, 5.74) is 5.62. The summed E-state index contributed by atoms with van der Waals surface area (Å²) in [6.45, 7) is 2.74. The van der Waals surface area contributed by atoms with Gasteiger partial charge in [0, 0.05) is 11.9 Å². The summed E-state index contributed by atoms with van der Waals surface area (Å²) in [5.74, 6) is 1.34. The number of pyridine rings is 1. The molecule has 2 heterocycles. The Labute approximate surface area is 211 Å². The lowest BCUT2D eigenvalue weighted by Gasteiger charge is -2.17. The minimum atomic E-state index is -0.481. The number of fused-ring (bicyclic) bond motifs is 1. The van der Waals surface area contributed by atoms with Gasteiger partial charge in [-0.05, 0) is 70.4 Å². The van der Waals surface area contributed by atoms with Crippen molar-refractivity contribution in [3.05, 3.63) is 87.7 Å². The van der Waals surface area contributed by atoms with Crippen LogP contribution in [0.2, 0.25) is 0 Å². The lowest BCUT2D eigenvalue weighted by molar-refractivity contribution is 0.0193. The van der Waals surface area contributed by atoms with Crippen LogP contribution in [0.5, 0.6) is 11.6 Å². The van der Waals surface area contributed by atoms with Crippen molar-refractivity contribution in [2.24, 2.45) is 0 Å². The van der Waals surface area contributed by atoms with Gasteiger partial charge in [-0.1, -0.05) is 24.3 Å². The molecule has 35 heavy (non-hydrogen) atoms. The van der Waals surface area contributed by atoms with Crippen LogP contribution in [0.15, 0.2) is 69.6 Å². The van der Waals surface area contributed by atoms with E-state index < -0.39 is 5.91 Å². The fourth-order valence-electron chi connectivity index (χ4n) is 3.56. The number of hydrogen-bond donors (Lipinski definition) is 2. The van der Waals surface area contributed by atoms with Crippen molar-refractivity contribution in [1.29, 1.82) is 0 Å². The molecule has 0 saturated carbocycles. The van der Waals surface area contributed by atoms with E-state index >= 15 is 0 Å². The number of carbonyl (C=O) groups is 1. The predicted octanol–water partition coefficient (Wildman–Crippen LogP) is 5.11. The van der Waals surface area contributed by atoms with Crippen molar-refractivity contribution in [2.45, 2.75) is 19.5 Å². The van der Waals surface area contributed by atoms with Crippen LogP contribution in [0.4, 0.5) is 0 Å². The molecule has 182 valence electrons. The molecule has 0 aliphatic heterocycles. The maximum absolute atomic E-state index is 12.5. The Hall–Kier alpha value is -3.40. The molecule has 9 heteroatoms. The van der Waals surface area contributed by atoms with Crippen molar-refractivity contribution < 1.29 is 23.5 Å². The number of methoxy groups -OCH3 is 2. The van der Waals surface area contributed by atoms with Crippen molar-refractivity contribution in [3.8, 4) is 11.6 Å². The first-order valence-electron chi connectivity index (χ1n) is 11.0. The van der Waals surface area contributed by atoms with Gasteiger partial charge in [-0.2, -0.15) is 0 Å². The fourth-order valence-corrected chi connectivity index (χ4v) is 3.94. The van der Waals surface area contributed by atoms with Crippen LogP contribution in [0, 0.1) is 6.92 Å². The van der Waals surface area contributed by atoms with Crippen LogP contribution in [0.3, 0.4) is 0 Å². The van der Waals surface area contributed by atoms with Crippen molar-refractivity contribution >= 4 is 32.8 Å². The van der Waals surface area contributed by atoms with Crippen LogP contribution < -0.4 is 20.3 Å². The zero-order valence-corrected chi connectivity index (χ0v) is 21.2. The number of halogens is 1. The third kappa shape index (κ3) is 6.00. The number of aromatic nitrogens is 1. The summed E-state index contributed by atoms with van der Waals surface area (Å²) in [6, 6.07) is 18.7. The number of rotatable bonds is 10. The number of benzene rings is 2. The van der Waals surface area contributed by atoms with Gasteiger partial charge in [-0.15, -0.1) is 0 Å². The maximum Gasteiger partial charge on any atom is 0.293 e. The molecule has 4 aromatic rings. The molecule has 0 saturated heterocycles. The van der Waals surface area contributed by atoms with Gasteiger partial charge in [0.25, 0.3) is 5.91 Å². The SMILES string of the molecule is COc1ccc(CN[C@H](CONC(=O)c2ccc(Br)c(OC)n2)c2cc3c(C)cccc3o2)cc1. The lowest BCUT2D eigenvalue weighted by Crippen LogP contribution is -2.31. The highest BCUT2D eigenvalue weighted by Crippen LogP contribution is 2.27. The Bertz CT molecular complexity index is 1310. The minimum absolute atomic E-state index is 0.133. The summed E-state index contributed by atoms with van der Waals surface area (Å²) < 4.78 is 17.2. The second-order valence-corrected chi connectivity index (χ2v) is 8.70. The molecule has 2 N–H and O–H groups in total. The largest absolute Gasteiger partial charge is 0.497 e. The zero-order valence-electron chi connectivity index (χ0n) is 19.6. The summed E-state index contributed by atoms with van der Waals surface area (Å²) in [5, 5.41) is 4.49. The fraction of sp³-hybridized carbons (Fsp3) is 0.231. The third-order valence-corrected chi connectivity index (χ3v) is 6.11. The molecule has 0 aliphatic rings. The maximum atomic E-state index is 12.5. The highest BCUT2D eigenvalue weighted by atomic mass is 79.9. The van der Waals surface area contributed by atoms with Crippen LogP contribution in [0.25, 0.3) is 11.0 Å². The average Bonchev–Trinajstić information content (AvgIpc) is 3.32. The van der Waals surface area contributed by atoms with E-state index in [1.54, 1.807) is 19.2 Å². The highest BCUT2D eigenvalue weighted by Gasteiger charge is 2.19. The Morgan fingerprint density at radius 3 is 2.60 bits per heavy atom. The second-order valence-electron chi connectivity index (χ2n) is 7.85. The molecule has 0 aliphatic carbocycles. The minimum Gasteiger partial charge on any atom is -0.497 e. The highest BCUT2D eigenvalue weighted by molar-refractivity contribution is 9.10. The average molecular weight is 540 g/mol. The molecular formula is C26H26BrN3O5. The summed E-state index contributed by atoms with van der Waals surface area (Å²) in [4.78, 5) is 22.3. The molecule has 0 radical (unpaired) electrons. The first kappa shape index (κ1) is 24.7. The summed E-state index contributed by atoms with van der Waals surface area (Å²) in [7, 11) is 3.12. The molecule has 0 spiro atoms. The number of carbonyl (C=O) groups excluding carboxylic acids is 1. The van der Waals surface area contributed by atoms with Crippen LogP contribution >= 0.6 is 15.9 Å². The number of aryl methyl sites for hydroxylation is 1. The molecule has 0 bridgehead atoms. The standard InChI is InChI=1S/C26H26BrN3O5/c1-16-5-4-6-23-19(16)13-24(35-23)22(28-14-17-7-9-18(32-2)10-8-17)15-34-30-25(31)21-12-11-20(27)26(29-21)33-3/h4-13,22,28H,14-15H2,1-3H3,(H,30,31)/t22-/m1/s1. The molecule has 8 nitrogen and oxygen atoms in total. The van der Waals surface area contributed by atoms with Gasteiger partial charge in [0.15, 0.2) is 0 Å². The van der Waals surface area contributed by atoms with Gasteiger partial charge in [-0.25, -0.2) is 10.5 Å². The quantitative estimate of drug-likeness (QED) is 0.270. The molecule has 2 aromatic heterocycles. The Balaban J connectivity index is 1.47. The van der Waals surface area contributed by atoms with Gasteiger partial charge in [0.2, 0.25) is 5.88 Å². The molecule has 1 amide bonds. The zero-order chi connectivity index (χ0) is 24.8. The molecule has 4 rings (SSSR count). The van der Waals surface area contributed by atoms with Gasteiger partial charge < -0.3 is 19.2 Å². The van der Waals surface area contributed by atoms with Gasteiger partial charge in [0.1, 0.15) is 22.8 Å². The predicted molar refractivity (Wildman–Crippen MR) is 135 cm³/mol. The smallest absolute Gasteiger partial charge is 0.293 e. The van der Waals surface area contributed by atoms with E-state index in [4.69, 9.17) is 18.7 Å². The van der Waals surface area contributed by atoms with Gasteiger partial charge in [0.05, 0.1) is 31.3 Å². The lowest BCUT2D eigenvalue weighted by atomic mass is 10.1. The van der Waals surface area contributed by atoms with Crippen LogP contribution in [-0.2, 0) is 11.4 Å². The molecule has 0 unspecified atom stereocenters. The number of nitrogens with one attached hydrogen (secondary N) is 2. The number of hydrogen-bond acceptors (Lipinski definition) is 7. The first-order chi connectivity index (χ1) is 17.0. The number of furan rings is 1. The first-order valence-corrected chi connectivity index (χ1v) is 11.8. The van der Waals surface area contributed by atoms with Crippen molar-refractivity contribution in [1.82, 2.24) is 15.8 Å². The molecule has 1 atom stereocenters. The molecular weight excluding hydrogens is 514 g/mol. The van der Waals surface area contributed by atoms with Gasteiger partial charge >= 0.3 is 0 Å². The Morgan fingerprint density at radius 2 is 1.89 bits per heavy atom. The number of amides is 1. The topological polar surface area (TPSA) is 94.8 Å². The van der Waals surface area contributed by atoms with Crippen LogP contribution in [-0.4, -0.2) is 31.7 Å². The van der Waals surface area contributed by atoms with Crippen LogP contribution in [0.1, 0.15) is 33.4 Å². The normalized spacial score (nSPS) is 11.9. The number of ether oxygens (including phenoxy) is 2. The summed E-state index contributed by atoms with van der Waals surface area (Å²) in [6.07, 6.45) is 0. The second kappa shape index (κ2) is 11.4. The molecule has 2 aromatic carbocycles. The van der Waals surface area contributed by atoms with E-state index in [1.165, 1.54) is 7.11 Å². The van der Waals surface area contributed by atoms with E-state index in [2.05, 4.69) is 31.7 Å². The molecule has 0 fully saturated rings. The summed E-state index contributed by atoms with van der Waals surface area (Å²) >= 11 is 3.33.